The minimum Gasteiger partial charge on any atom is -0.505 e. The van der Waals surface area contributed by atoms with Crippen molar-refractivity contribution in [1.29, 1.82) is 0 Å². The molecule has 0 heterocycles. The van der Waals surface area contributed by atoms with Gasteiger partial charge in [0.1, 0.15) is 0 Å². The van der Waals surface area contributed by atoms with Crippen molar-refractivity contribution in [3.05, 3.63) is 29.6 Å². The Morgan fingerprint density at radius 1 is 1.53 bits per heavy atom. The van der Waals surface area contributed by atoms with Gasteiger partial charge in [-0.1, -0.05) is 6.07 Å². The van der Waals surface area contributed by atoms with E-state index in [4.69, 9.17) is 5.11 Å². The first kappa shape index (κ1) is 14.1. The number of hydrogen-bond donors (Lipinski definition) is 2. The Morgan fingerprint density at radius 2 is 2.24 bits per heavy atom. The summed E-state index contributed by atoms with van der Waals surface area (Å²) in [5, 5.41) is 12.3. The number of halogens is 1. The molecule has 17 heavy (non-hydrogen) atoms. The SMILES string of the molecule is CC(CCS(C)=O)NCc1ccc(O)c(F)c1. The minimum absolute atomic E-state index is 0.232. The highest BCUT2D eigenvalue weighted by Crippen LogP contribution is 2.16. The largest absolute Gasteiger partial charge is 0.505 e. The van der Waals surface area contributed by atoms with Crippen molar-refractivity contribution in [3.8, 4) is 5.75 Å². The van der Waals surface area contributed by atoms with Gasteiger partial charge in [-0.25, -0.2) is 4.39 Å². The summed E-state index contributed by atoms with van der Waals surface area (Å²) < 4.78 is 24.0. The van der Waals surface area contributed by atoms with E-state index >= 15 is 0 Å². The van der Waals surface area contributed by atoms with Gasteiger partial charge in [0.05, 0.1) is 0 Å². The molecule has 0 saturated carbocycles. The molecular weight excluding hydrogens is 241 g/mol. The number of rotatable bonds is 6. The first-order valence-corrected chi connectivity index (χ1v) is 7.22. The minimum atomic E-state index is -0.774. The molecule has 2 unspecified atom stereocenters. The lowest BCUT2D eigenvalue weighted by Gasteiger charge is -2.13. The number of aromatic hydroxyl groups is 1. The predicted molar refractivity (Wildman–Crippen MR) is 67.9 cm³/mol. The molecule has 0 spiro atoms. The lowest BCUT2D eigenvalue weighted by molar-refractivity contribution is 0.431. The third-order valence-electron chi connectivity index (χ3n) is 2.51. The molecule has 3 nitrogen and oxygen atoms in total. The Hall–Kier alpha value is -0.940. The van der Waals surface area contributed by atoms with E-state index in [0.717, 1.165) is 12.0 Å². The van der Waals surface area contributed by atoms with Crippen molar-refractivity contribution in [2.24, 2.45) is 0 Å². The second kappa shape index (κ2) is 6.71. The maximum Gasteiger partial charge on any atom is 0.165 e. The predicted octanol–water partition coefficient (Wildman–Crippen LogP) is 1.78. The zero-order valence-corrected chi connectivity index (χ0v) is 10.9. The topological polar surface area (TPSA) is 49.3 Å². The van der Waals surface area contributed by atoms with Crippen LogP contribution in [0.2, 0.25) is 0 Å². The summed E-state index contributed by atoms with van der Waals surface area (Å²) in [7, 11) is -0.774. The molecule has 96 valence electrons. The van der Waals surface area contributed by atoms with E-state index in [-0.39, 0.29) is 11.8 Å². The van der Waals surface area contributed by atoms with Gasteiger partial charge < -0.3 is 10.4 Å². The average Bonchev–Trinajstić information content (AvgIpc) is 2.28. The van der Waals surface area contributed by atoms with Crippen LogP contribution in [0, 0.1) is 5.82 Å². The van der Waals surface area contributed by atoms with Crippen molar-refractivity contribution >= 4 is 10.8 Å². The number of phenolic OH excluding ortho intramolecular Hbond substituents is 1. The second-order valence-electron chi connectivity index (χ2n) is 4.13. The third kappa shape index (κ3) is 5.28. The molecule has 0 aliphatic heterocycles. The Morgan fingerprint density at radius 3 is 2.82 bits per heavy atom. The van der Waals surface area contributed by atoms with Crippen molar-refractivity contribution < 1.29 is 13.7 Å². The molecule has 0 aromatic heterocycles. The standard InChI is InChI=1S/C12H18FNO2S/c1-9(5-6-17(2)16)14-8-10-3-4-12(15)11(13)7-10/h3-4,7,9,14-15H,5-6,8H2,1-2H3. The molecule has 1 aromatic carbocycles. The van der Waals surface area contributed by atoms with Crippen LogP contribution >= 0.6 is 0 Å². The molecule has 2 atom stereocenters. The fourth-order valence-electron chi connectivity index (χ4n) is 1.40. The van der Waals surface area contributed by atoms with Crippen LogP contribution in [-0.2, 0) is 17.3 Å². The Kier molecular flexibility index (Phi) is 5.58. The fraction of sp³-hybridized carbons (Fsp3) is 0.500. The molecular formula is C12H18FNO2S. The van der Waals surface area contributed by atoms with Crippen molar-refractivity contribution in [1.82, 2.24) is 5.32 Å². The van der Waals surface area contributed by atoms with E-state index in [1.54, 1.807) is 12.3 Å². The van der Waals surface area contributed by atoms with Crippen LogP contribution in [0.4, 0.5) is 4.39 Å². The van der Waals surface area contributed by atoms with Crippen LogP contribution < -0.4 is 5.32 Å². The van der Waals surface area contributed by atoms with Gasteiger partial charge in [0, 0.05) is 35.4 Å². The van der Waals surface area contributed by atoms with Crippen LogP contribution in [0.5, 0.6) is 5.75 Å². The van der Waals surface area contributed by atoms with Gasteiger partial charge in [-0.05, 0) is 31.0 Å². The average molecular weight is 259 g/mol. The maximum atomic E-state index is 13.0. The van der Waals surface area contributed by atoms with Gasteiger partial charge >= 0.3 is 0 Å². The Bertz CT molecular complexity index is 398. The zero-order valence-electron chi connectivity index (χ0n) is 10.1. The van der Waals surface area contributed by atoms with Gasteiger partial charge in [-0.15, -0.1) is 0 Å². The maximum absolute atomic E-state index is 13.0. The molecule has 0 bridgehead atoms. The van der Waals surface area contributed by atoms with Crippen LogP contribution in [0.15, 0.2) is 18.2 Å². The highest BCUT2D eigenvalue weighted by molar-refractivity contribution is 7.84. The smallest absolute Gasteiger partial charge is 0.165 e. The zero-order chi connectivity index (χ0) is 12.8. The normalized spacial score (nSPS) is 14.5. The van der Waals surface area contributed by atoms with Crippen LogP contribution in [0.3, 0.4) is 0 Å². The molecule has 1 rings (SSSR count). The van der Waals surface area contributed by atoms with Gasteiger partial charge in [0.25, 0.3) is 0 Å². The van der Waals surface area contributed by atoms with E-state index < -0.39 is 16.6 Å². The molecule has 0 radical (unpaired) electrons. The van der Waals surface area contributed by atoms with Gasteiger partial charge in [-0.2, -0.15) is 0 Å². The summed E-state index contributed by atoms with van der Waals surface area (Å²) in [6, 6.07) is 4.57. The van der Waals surface area contributed by atoms with Crippen LogP contribution in [-0.4, -0.2) is 27.4 Å². The fourth-order valence-corrected chi connectivity index (χ4v) is 2.08. The Labute approximate surface area is 104 Å². The Balaban J connectivity index is 2.39. The van der Waals surface area contributed by atoms with Crippen molar-refractivity contribution in [3.63, 3.8) is 0 Å². The summed E-state index contributed by atoms with van der Waals surface area (Å²) in [5.41, 5.74) is 0.782. The van der Waals surface area contributed by atoms with E-state index in [1.165, 1.54) is 12.1 Å². The van der Waals surface area contributed by atoms with E-state index in [1.807, 2.05) is 6.92 Å². The van der Waals surface area contributed by atoms with Gasteiger partial charge in [0.15, 0.2) is 11.6 Å². The van der Waals surface area contributed by atoms with Gasteiger partial charge in [0.2, 0.25) is 0 Å². The molecule has 0 aliphatic rings. The lowest BCUT2D eigenvalue weighted by Crippen LogP contribution is -2.27. The van der Waals surface area contributed by atoms with Crippen molar-refractivity contribution in [2.45, 2.75) is 25.9 Å². The summed E-state index contributed by atoms with van der Waals surface area (Å²) in [4.78, 5) is 0. The van der Waals surface area contributed by atoms with Crippen LogP contribution in [0.1, 0.15) is 18.9 Å². The van der Waals surface area contributed by atoms with Gasteiger partial charge in [-0.3, -0.25) is 4.21 Å². The summed E-state index contributed by atoms with van der Waals surface area (Å²) in [6.07, 6.45) is 2.51. The first-order chi connectivity index (χ1) is 7.99. The molecule has 0 saturated heterocycles. The van der Waals surface area contributed by atoms with Crippen molar-refractivity contribution in [2.75, 3.05) is 12.0 Å². The van der Waals surface area contributed by atoms with E-state index in [9.17, 15) is 8.60 Å². The number of hydrogen-bond acceptors (Lipinski definition) is 3. The van der Waals surface area contributed by atoms with E-state index in [2.05, 4.69) is 5.32 Å². The summed E-state index contributed by atoms with van der Waals surface area (Å²) in [5.74, 6) is -0.271. The number of phenols is 1. The monoisotopic (exact) mass is 259 g/mol. The first-order valence-electron chi connectivity index (χ1n) is 5.50. The molecule has 0 amide bonds. The molecule has 0 fully saturated rings. The molecule has 5 heteroatoms. The molecule has 0 aliphatic carbocycles. The summed E-state index contributed by atoms with van der Waals surface area (Å²) >= 11 is 0. The second-order valence-corrected chi connectivity index (χ2v) is 5.69. The molecule has 2 N–H and O–H groups in total. The lowest BCUT2D eigenvalue weighted by atomic mass is 10.2. The molecule has 1 aromatic rings. The van der Waals surface area contributed by atoms with E-state index in [0.29, 0.717) is 12.3 Å². The number of benzene rings is 1. The summed E-state index contributed by atoms with van der Waals surface area (Å²) in [6.45, 7) is 2.54. The number of nitrogens with one attached hydrogen (secondary N) is 1. The highest BCUT2D eigenvalue weighted by atomic mass is 32.2. The quantitative estimate of drug-likeness (QED) is 0.818. The van der Waals surface area contributed by atoms with Crippen LogP contribution in [0.25, 0.3) is 0 Å². The third-order valence-corrected chi connectivity index (χ3v) is 3.32. The highest BCUT2D eigenvalue weighted by Gasteiger charge is 2.05.